The number of nitrogens with zero attached hydrogens (tertiary/aromatic N) is 1. The van der Waals surface area contributed by atoms with Gasteiger partial charge in [-0.2, -0.15) is 13.7 Å². The van der Waals surface area contributed by atoms with Crippen molar-refractivity contribution in [2.75, 3.05) is 5.32 Å². The molecule has 3 aromatic rings. The number of para-hydroxylation sites is 1. The molecule has 0 aliphatic rings. The maximum absolute atomic E-state index is 12.7. The molecule has 162 valence electrons. The largest absolute Gasteiger partial charge is 0.378 e. The minimum absolute atomic E-state index is 0.00636. The van der Waals surface area contributed by atoms with E-state index >= 15 is 0 Å². The van der Waals surface area contributed by atoms with E-state index in [1.807, 2.05) is 13.0 Å². The number of anilines is 1. The van der Waals surface area contributed by atoms with Crippen LogP contribution in [0.1, 0.15) is 11.1 Å². The highest BCUT2D eigenvalue weighted by Crippen LogP contribution is 2.29. The normalized spacial score (nSPS) is 11.5. The van der Waals surface area contributed by atoms with Gasteiger partial charge in [0.1, 0.15) is 22.3 Å². The molecule has 0 bridgehead atoms. The van der Waals surface area contributed by atoms with Crippen molar-refractivity contribution in [2.45, 2.75) is 11.8 Å². The van der Waals surface area contributed by atoms with Crippen LogP contribution in [0.3, 0.4) is 0 Å². The van der Waals surface area contributed by atoms with Gasteiger partial charge in [0.25, 0.3) is 5.91 Å². The number of carbonyl (C=O) groups excluding carboxylic acids is 1. The minimum atomic E-state index is -4.12. The van der Waals surface area contributed by atoms with Crippen molar-refractivity contribution < 1.29 is 17.4 Å². The number of rotatable bonds is 6. The molecule has 6 nitrogen and oxygen atoms in total. The first-order valence-electron chi connectivity index (χ1n) is 9.18. The second-order valence-corrected chi connectivity index (χ2v) is 9.95. The fourth-order valence-electron chi connectivity index (χ4n) is 2.64. The van der Waals surface area contributed by atoms with E-state index < -0.39 is 16.0 Å². The summed E-state index contributed by atoms with van der Waals surface area (Å²) in [5.74, 6) is -0.665. The predicted octanol–water partition coefficient (Wildman–Crippen LogP) is 5.83. The molecule has 0 radical (unpaired) electrons. The van der Waals surface area contributed by atoms with Crippen LogP contribution in [0.25, 0.3) is 6.08 Å². The van der Waals surface area contributed by atoms with E-state index in [4.69, 9.17) is 4.18 Å². The summed E-state index contributed by atoms with van der Waals surface area (Å²) in [4.78, 5) is 12.6. The van der Waals surface area contributed by atoms with E-state index in [9.17, 15) is 18.5 Å². The second-order valence-electron chi connectivity index (χ2n) is 6.64. The molecule has 0 aromatic heterocycles. The molecular weight excluding hydrogens is 560 g/mol. The van der Waals surface area contributed by atoms with Crippen LogP contribution in [0.15, 0.2) is 86.1 Å². The van der Waals surface area contributed by atoms with Crippen LogP contribution in [0.2, 0.25) is 0 Å². The molecule has 0 unspecified atom stereocenters. The summed E-state index contributed by atoms with van der Waals surface area (Å²) >= 11 is 6.65. The van der Waals surface area contributed by atoms with Gasteiger partial charge < -0.3 is 9.50 Å². The van der Waals surface area contributed by atoms with E-state index in [0.717, 1.165) is 5.56 Å². The lowest BCUT2D eigenvalue weighted by Gasteiger charge is -2.11. The topological polar surface area (TPSA) is 96.3 Å². The Balaban J connectivity index is 1.95. The Kier molecular flexibility index (Phi) is 7.51. The van der Waals surface area contributed by atoms with E-state index in [-0.39, 0.29) is 21.8 Å². The van der Waals surface area contributed by atoms with Gasteiger partial charge in [-0.05, 0) is 71.4 Å². The number of nitrogens with one attached hydrogen (secondary N) is 1. The smallest absolute Gasteiger partial charge is 0.339 e. The van der Waals surface area contributed by atoms with E-state index in [1.165, 1.54) is 24.3 Å². The summed E-state index contributed by atoms with van der Waals surface area (Å²) in [5.41, 5.74) is 1.42. The number of amides is 1. The first-order valence-corrected chi connectivity index (χ1v) is 12.2. The standard InChI is InChI=1S/C23H16Br2N2O4S/c1-15-6-9-19(10-7-15)32(29,30)31-22-11-8-18(24)13-16(22)12-17(14-26)23(28)27-21-5-3-2-4-20(21)25/h2-13H,1H3,(H,27,28)/b17-12+. The summed E-state index contributed by atoms with van der Waals surface area (Å²) in [7, 11) is -4.12. The summed E-state index contributed by atoms with van der Waals surface area (Å²) < 4.78 is 32.0. The number of halogens is 2. The highest BCUT2D eigenvalue weighted by Gasteiger charge is 2.19. The number of benzene rings is 3. The fourth-order valence-corrected chi connectivity index (χ4v) is 4.35. The fraction of sp³-hybridized carbons (Fsp3) is 0.0435. The van der Waals surface area contributed by atoms with Gasteiger partial charge in [-0.1, -0.05) is 45.8 Å². The van der Waals surface area contributed by atoms with Crippen molar-refractivity contribution in [1.82, 2.24) is 0 Å². The van der Waals surface area contributed by atoms with E-state index in [1.54, 1.807) is 48.5 Å². The zero-order valence-corrected chi connectivity index (χ0v) is 20.7. The Morgan fingerprint density at radius 3 is 2.41 bits per heavy atom. The molecule has 32 heavy (non-hydrogen) atoms. The van der Waals surface area contributed by atoms with Crippen LogP contribution >= 0.6 is 31.9 Å². The van der Waals surface area contributed by atoms with Gasteiger partial charge in [0, 0.05) is 14.5 Å². The van der Waals surface area contributed by atoms with Gasteiger partial charge in [0.05, 0.1) is 5.69 Å². The summed E-state index contributed by atoms with van der Waals surface area (Å²) in [5, 5.41) is 12.2. The van der Waals surface area contributed by atoms with Crippen molar-refractivity contribution >= 4 is 59.6 Å². The van der Waals surface area contributed by atoms with Crippen molar-refractivity contribution in [1.29, 1.82) is 5.26 Å². The minimum Gasteiger partial charge on any atom is -0.378 e. The maximum Gasteiger partial charge on any atom is 0.339 e. The number of carbonyl (C=O) groups is 1. The molecule has 0 aliphatic carbocycles. The molecule has 0 atom stereocenters. The van der Waals surface area contributed by atoms with Crippen LogP contribution in [0, 0.1) is 18.3 Å². The Morgan fingerprint density at radius 2 is 1.75 bits per heavy atom. The lowest BCUT2D eigenvalue weighted by atomic mass is 10.1. The Hall–Kier alpha value is -2.93. The lowest BCUT2D eigenvalue weighted by molar-refractivity contribution is -0.112. The molecular formula is C23H16Br2N2O4S. The van der Waals surface area contributed by atoms with Gasteiger partial charge in [-0.25, -0.2) is 0 Å². The van der Waals surface area contributed by atoms with Gasteiger partial charge in [0.2, 0.25) is 0 Å². The second kappa shape index (κ2) is 10.1. The molecule has 0 spiro atoms. The first-order chi connectivity index (χ1) is 15.2. The Labute approximate surface area is 202 Å². The number of nitriles is 1. The molecule has 0 saturated carbocycles. The molecule has 1 N–H and O–H groups in total. The molecule has 0 saturated heterocycles. The molecule has 3 aromatic carbocycles. The number of aryl methyl sites for hydroxylation is 1. The Morgan fingerprint density at radius 1 is 1.06 bits per heavy atom. The summed E-state index contributed by atoms with van der Waals surface area (Å²) in [6.45, 7) is 1.84. The van der Waals surface area contributed by atoms with Crippen molar-refractivity contribution in [2.24, 2.45) is 0 Å². The first kappa shape index (κ1) is 23.7. The van der Waals surface area contributed by atoms with Crippen molar-refractivity contribution in [3.8, 4) is 11.8 Å². The van der Waals surface area contributed by atoms with E-state index in [2.05, 4.69) is 37.2 Å². The third-order valence-corrected chi connectivity index (χ3v) is 6.70. The third-order valence-electron chi connectivity index (χ3n) is 4.27. The molecule has 1 amide bonds. The van der Waals surface area contributed by atoms with Crippen LogP contribution in [0.5, 0.6) is 5.75 Å². The molecule has 0 heterocycles. The van der Waals surface area contributed by atoms with Crippen LogP contribution in [-0.4, -0.2) is 14.3 Å². The average Bonchev–Trinajstić information content (AvgIpc) is 2.75. The van der Waals surface area contributed by atoms with Crippen LogP contribution < -0.4 is 9.50 Å². The lowest BCUT2D eigenvalue weighted by Crippen LogP contribution is -2.14. The maximum atomic E-state index is 12.7. The summed E-state index contributed by atoms with van der Waals surface area (Å²) in [6.07, 6.45) is 1.27. The third kappa shape index (κ3) is 5.85. The van der Waals surface area contributed by atoms with Crippen molar-refractivity contribution in [3.63, 3.8) is 0 Å². The molecule has 3 rings (SSSR count). The zero-order valence-electron chi connectivity index (χ0n) is 16.7. The summed E-state index contributed by atoms with van der Waals surface area (Å²) in [6, 6.07) is 19.7. The SMILES string of the molecule is Cc1ccc(S(=O)(=O)Oc2ccc(Br)cc2/C=C(\C#N)C(=O)Nc2ccccc2Br)cc1. The molecule has 0 aliphatic heterocycles. The number of hydrogen-bond acceptors (Lipinski definition) is 5. The van der Waals surface area contributed by atoms with Crippen molar-refractivity contribution in [3.05, 3.63) is 92.4 Å². The van der Waals surface area contributed by atoms with E-state index in [0.29, 0.717) is 14.6 Å². The Bertz CT molecular complexity index is 1350. The quantitative estimate of drug-likeness (QED) is 0.226. The van der Waals surface area contributed by atoms with Gasteiger partial charge in [-0.3, -0.25) is 4.79 Å². The van der Waals surface area contributed by atoms with Gasteiger partial charge in [-0.15, -0.1) is 0 Å². The van der Waals surface area contributed by atoms with Gasteiger partial charge >= 0.3 is 10.1 Å². The molecule has 0 fully saturated rings. The van der Waals surface area contributed by atoms with Gasteiger partial charge in [0.15, 0.2) is 0 Å². The predicted molar refractivity (Wildman–Crippen MR) is 129 cm³/mol. The monoisotopic (exact) mass is 574 g/mol. The van der Waals surface area contributed by atoms with Crippen LogP contribution in [-0.2, 0) is 14.9 Å². The van der Waals surface area contributed by atoms with Crippen LogP contribution in [0.4, 0.5) is 5.69 Å². The highest BCUT2D eigenvalue weighted by molar-refractivity contribution is 9.10. The average molecular weight is 576 g/mol. The molecule has 9 heteroatoms. The zero-order chi connectivity index (χ0) is 23.3. The number of hydrogen-bond donors (Lipinski definition) is 1. The highest BCUT2D eigenvalue weighted by atomic mass is 79.9.